The quantitative estimate of drug-likeness (QED) is 0.731. The van der Waals surface area contributed by atoms with Gasteiger partial charge in [0.1, 0.15) is 18.2 Å². The van der Waals surface area contributed by atoms with Gasteiger partial charge in [0.15, 0.2) is 0 Å². The molecule has 1 aliphatic heterocycles. The molecule has 2 heterocycles. The molecular weight excluding hydrogens is 423 g/mol. The van der Waals surface area contributed by atoms with Gasteiger partial charge in [-0.25, -0.2) is 14.4 Å². The van der Waals surface area contributed by atoms with E-state index in [1.165, 1.54) is 6.20 Å². The van der Waals surface area contributed by atoms with E-state index in [-0.39, 0.29) is 17.7 Å². The number of rotatable bonds is 5. The van der Waals surface area contributed by atoms with Crippen LogP contribution in [-0.4, -0.2) is 41.9 Å². The van der Waals surface area contributed by atoms with Crippen molar-refractivity contribution in [3.63, 3.8) is 0 Å². The van der Waals surface area contributed by atoms with E-state index in [2.05, 4.69) is 20.6 Å². The Morgan fingerprint density at radius 1 is 1.21 bits per heavy atom. The maximum atomic E-state index is 15.6. The zero-order valence-electron chi connectivity index (χ0n) is 18.8. The highest BCUT2D eigenvalue weighted by atomic mass is 19.1. The summed E-state index contributed by atoms with van der Waals surface area (Å²) < 4.78 is 21.3. The first-order valence-electron chi connectivity index (χ1n) is 11.0. The molecule has 1 saturated carbocycles. The second-order valence-electron chi connectivity index (χ2n) is 9.29. The van der Waals surface area contributed by atoms with Crippen molar-refractivity contribution in [2.45, 2.75) is 38.6 Å². The molecule has 0 spiro atoms. The van der Waals surface area contributed by atoms with Crippen molar-refractivity contribution >= 4 is 35.2 Å². The number of aromatic nitrogens is 1. The standard InChI is InChI=1S/C25H25FN4O3/c1-25(2)12-33-24(30-25)16-6-4-5-15(20(16)26)14-9-17-18(10-14)21(29-22(31)13-7-8-13)28-11-19(17)23(32)27-3/h4-6,9,11,13H,7-8,10,12H2,1-3H3,(H,27,32)(H,28,29,31). The first-order chi connectivity index (χ1) is 15.8. The van der Waals surface area contributed by atoms with Crippen LogP contribution in [0.1, 0.15) is 59.3 Å². The van der Waals surface area contributed by atoms with Crippen LogP contribution >= 0.6 is 0 Å². The van der Waals surface area contributed by atoms with Gasteiger partial charge in [0.2, 0.25) is 11.8 Å². The highest BCUT2D eigenvalue weighted by Gasteiger charge is 2.33. The summed E-state index contributed by atoms with van der Waals surface area (Å²) in [6.45, 7) is 4.26. The van der Waals surface area contributed by atoms with Crippen LogP contribution in [0.25, 0.3) is 11.6 Å². The van der Waals surface area contributed by atoms with Crippen LogP contribution in [0.2, 0.25) is 0 Å². The Balaban J connectivity index is 1.54. The fourth-order valence-corrected chi connectivity index (χ4v) is 4.15. The highest BCUT2D eigenvalue weighted by Crippen LogP contribution is 2.39. The Hall–Kier alpha value is -3.55. The number of hydrogen-bond donors (Lipinski definition) is 2. The molecule has 3 aliphatic rings. The summed E-state index contributed by atoms with van der Waals surface area (Å²) in [7, 11) is 1.55. The summed E-state index contributed by atoms with van der Waals surface area (Å²) in [6.07, 6.45) is 5.34. The molecule has 1 fully saturated rings. The Labute approximate surface area is 191 Å². The summed E-state index contributed by atoms with van der Waals surface area (Å²) in [5, 5.41) is 5.51. The van der Waals surface area contributed by atoms with Crippen LogP contribution in [0.4, 0.5) is 10.2 Å². The van der Waals surface area contributed by atoms with Gasteiger partial charge in [-0.1, -0.05) is 12.1 Å². The van der Waals surface area contributed by atoms with E-state index in [4.69, 9.17) is 4.74 Å². The number of halogens is 1. The summed E-state index contributed by atoms with van der Waals surface area (Å²) in [6, 6.07) is 5.12. The van der Waals surface area contributed by atoms with E-state index in [0.29, 0.717) is 58.1 Å². The molecule has 0 bridgehead atoms. The highest BCUT2D eigenvalue weighted by molar-refractivity contribution is 6.05. The number of allylic oxidation sites excluding steroid dienone is 1. The normalized spacial score (nSPS) is 18.2. The summed E-state index contributed by atoms with van der Waals surface area (Å²) in [5.41, 5.74) is 2.75. The van der Waals surface area contributed by atoms with Crippen molar-refractivity contribution in [1.82, 2.24) is 10.3 Å². The molecule has 170 valence electrons. The number of pyridine rings is 1. The summed E-state index contributed by atoms with van der Waals surface area (Å²) in [5.74, 6) is -0.0609. The molecule has 2 N–H and O–H groups in total. The molecule has 7 nitrogen and oxygen atoms in total. The summed E-state index contributed by atoms with van der Waals surface area (Å²) in [4.78, 5) is 33.7. The van der Waals surface area contributed by atoms with Crippen LogP contribution in [-0.2, 0) is 16.0 Å². The average Bonchev–Trinajstić information content (AvgIpc) is 3.45. The van der Waals surface area contributed by atoms with Crippen LogP contribution in [0, 0.1) is 11.7 Å². The number of aliphatic imine (C=N–C) groups is 1. The van der Waals surface area contributed by atoms with Crippen molar-refractivity contribution in [2.24, 2.45) is 10.9 Å². The van der Waals surface area contributed by atoms with Gasteiger partial charge in [-0.2, -0.15) is 0 Å². The third-order valence-corrected chi connectivity index (χ3v) is 6.11. The maximum Gasteiger partial charge on any atom is 0.253 e. The topological polar surface area (TPSA) is 92.7 Å². The zero-order valence-corrected chi connectivity index (χ0v) is 18.8. The Kier molecular flexibility index (Phi) is 5.03. The molecule has 2 aliphatic carbocycles. The minimum atomic E-state index is -0.425. The van der Waals surface area contributed by atoms with E-state index >= 15 is 4.39 Å². The number of anilines is 1. The van der Waals surface area contributed by atoms with Crippen molar-refractivity contribution in [1.29, 1.82) is 0 Å². The molecule has 0 atom stereocenters. The van der Waals surface area contributed by atoms with Gasteiger partial charge in [0.25, 0.3) is 5.91 Å². The van der Waals surface area contributed by atoms with Gasteiger partial charge in [-0.3, -0.25) is 9.59 Å². The smallest absolute Gasteiger partial charge is 0.253 e. The van der Waals surface area contributed by atoms with Gasteiger partial charge in [-0.05, 0) is 50.0 Å². The third kappa shape index (κ3) is 3.90. The van der Waals surface area contributed by atoms with Crippen LogP contribution in [0.15, 0.2) is 29.4 Å². The number of nitrogens with one attached hydrogen (secondary N) is 2. The monoisotopic (exact) mass is 448 g/mol. The number of amides is 2. The number of ether oxygens (including phenoxy) is 1. The molecule has 0 unspecified atom stereocenters. The van der Waals surface area contributed by atoms with Gasteiger partial charge in [0, 0.05) is 36.7 Å². The van der Waals surface area contributed by atoms with Crippen LogP contribution < -0.4 is 10.6 Å². The lowest BCUT2D eigenvalue weighted by Gasteiger charge is -2.12. The van der Waals surface area contributed by atoms with Crippen molar-refractivity contribution in [3.8, 4) is 0 Å². The minimum absolute atomic E-state index is 0.0143. The molecule has 0 saturated heterocycles. The van der Waals surface area contributed by atoms with Gasteiger partial charge < -0.3 is 15.4 Å². The average molecular weight is 448 g/mol. The van der Waals surface area contributed by atoms with E-state index in [9.17, 15) is 9.59 Å². The fraction of sp³-hybridized carbons (Fsp3) is 0.360. The largest absolute Gasteiger partial charge is 0.475 e. The molecule has 0 radical (unpaired) electrons. The number of fused-ring (bicyclic) bond motifs is 1. The fourth-order valence-electron chi connectivity index (χ4n) is 4.15. The molecule has 2 aromatic rings. The van der Waals surface area contributed by atoms with Gasteiger partial charge >= 0.3 is 0 Å². The first-order valence-corrected chi connectivity index (χ1v) is 11.0. The van der Waals surface area contributed by atoms with E-state index < -0.39 is 11.4 Å². The van der Waals surface area contributed by atoms with E-state index in [1.54, 1.807) is 31.3 Å². The maximum absolute atomic E-state index is 15.6. The lowest BCUT2D eigenvalue weighted by atomic mass is 10.00. The minimum Gasteiger partial charge on any atom is -0.475 e. The molecule has 1 aromatic carbocycles. The molecule has 8 heteroatoms. The molecule has 33 heavy (non-hydrogen) atoms. The SMILES string of the molecule is CNC(=O)c1cnc(NC(=O)C2CC2)c2c1C=C(c1cccc(C3=NC(C)(C)CO3)c1F)C2. The van der Waals surface area contributed by atoms with Crippen molar-refractivity contribution in [3.05, 3.63) is 58.0 Å². The number of carbonyl (C=O) groups excluding carboxylic acids is 2. The number of hydrogen-bond acceptors (Lipinski definition) is 5. The predicted molar refractivity (Wildman–Crippen MR) is 124 cm³/mol. The molecular formula is C25H25FN4O3. The Bertz CT molecular complexity index is 1240. The zero-order chi connectivity index (χ0) is 23.3. The van der Waals surface area contributed by atoms with Crippen LogP contribution in [0.5, 0.6) is 0 Å². The van der Waals surface area contributed by atoms with Crippen LogP contribution in [0.3, 0.4) is 0 Å². The van der Waals surface area contributed by atoms with Crippen molar-refractivity contribution in [2.75, 3.05) is 19.0 Å². The van der Waals surface area contributed by atoms with E-state index in [0.717, 1.165) is 12.8 Å². The van der Waals surface area contributed by atoms with Crippen molar-refractivity contribution < 1.29 is 18.7 Å². The summed E-state index contributed by atoms with van der Waals surface area (Å²) >= 11 is 0. The lowest BCUT2D eigenvalue weighted by molar-refractivity contribution is -0.117. The lowest BCUT2D eigenvalue weighted by Crippen LogP contribution is -2.21. The second kappa shape index (κ2) is 7.79. The molecule has 5 rings (SSSR count). The number of carbonyl (C=O) groups is 2. The second-order valence-corrected chi connectivity index (χ2v) is 9.29. The molecule has 2 amide bonds. The predicted octanol–water partition coefficient (Wildman–Crippen LogP) is 3.58. The third-order valence-electron chi connectivity index (χ3n) is 6.11. The van der Waals surface area contributed by atoms with Gasteiger partial charge in [-0.15, -0.1) is 0 Å². The molecule has 1 aromatic heterocycles. The van der Waals surface area contributed by atoms with Gasteiger partial charge in [0.05, 0.1) is 16.7 Å². The van der Waals surface area contributed by atoms with E-state index in [1.807, 2.05) is 13.8 Å². The first kappa shape index (κ1) is 21.3. The number of nitrogens with zero attached hydrogens (tertiary/aromatic N) is 2. The Morgan fingerprint density at radius 2 is 1.97 bits per heavy atom. The Morgan fingerprint density at radius 3 is 2.64 bits per heavy atom. The number of benzene rings is 1.